The first-order valence-electron chi connectivity index (χ1n) is 7.00. The number of hydrogen-bond donors (Lipinski definition) is 1. The van der Waals surface area contributed by atoms with Crippen LogP contribution in [0, 0.1) is 0 Å². The molecule has 0 radical (unpaired) electrons. The molecular formula is C15H20N4O2. The van der Waals surface area contributed by atoms with Gasteiger partial charge in [-0.15, -0.1) is 4.98 Å². The molecule has 0 aliphatic carbocycles. The highest BCUT2D eigenvalue weighted by Crippen LogP contribution is 2.23. The van der Waals surface area contributed by atoms with Crippen molar-refractivity contribution < 1.29 is 9.47 Å². The Morgan fingerprint density at radius 1 is 1.05 bits per heavy atom. The summed E-state index contributed by atoms with van der Waals surface area (Å²) in [6, 6.07) is 8.09. The van der Waals surface area contributed by atoms with Gasteiger partial charge < -0.3 is 15.2 Å². The maximum absolute atomic E-state index is 5.63. The Labute approximate surface area is 124 Å². The summed E-state index contributed by atoms with van der Waals surface area (Å²) in [7, 11) is 0. The summed E-state index contributed by atoms with van der Waals surface area (Å²) in [6.07, 6.45) is 0.860. The fourth-order valence-electron chi connectivity index (χ4n) is 1.68. The molecule has 0 amide bonds. The van der Waals surface area contributed by atoms with Crippen LogP contribution in [0.2, 0.25) is 0 Å². The normalized spacial score (nSPS) is 10.7. The molecule has 2 N–H and O–H groups in total. The van der Waals surface area contributed by atoms with Crippen LogP contribution in [0.5, 0.6) is 17.8 Å². The van der Waals surface area contributed by atoms with Crippen LogP contribution in [0.3, 0.4) is 0 Å². The lowest BCUT2D eigenvalue weighted by Crippen LogP contribution is -2.05. The number of nitrogen functional groups attached to an aromatic ring is 1. The summed E-state index contributed by atoms with van der Waals surface area (Å²) in [5.41, 5.74) is 6.87. The lowest BCUT2D eigenvalue weighted by Gasteiger charge is -2.08. The van der Waals surface area contributed by atoms with Gasteiger partial charge in [0, 0.05) is 0 Å². The molecule has 2 aromatic rings. The summed E-state index contributed by atoms with van der Waals surface area (Å²) in [4.78, 5) is 11.9. The molecule has 6 nitrogen and oxygen atoms in total. The van der Waals surface area contributed by atoms with Crippen LogP contribution in [0.15, 0.2) is 24.3 Å². The molecule has 0 atom stereocenters. The van der Waals surface area contributed by atoms with E-state index >= 15 is 0 Å². The molecule has 112 valence electrons. The van der Waals surface area contributed by atoms with Crippen LogP contribution in [-0.2, 0) is 0 Å². The first-order valence-corrected chi connectivity index (χ1v) is 7.00. The second kappa shape index (κ2) is 6.88. The maximum atomic E-state index is 5.63. The Morgan fingerprint density at radius 3 is 2.33 bits per heavy atom. The van der Waals surface area contributed by atoms with E-state index in [0.717, 1.165) is 6.42 Å². The Kier molecular flexibility index (Phi) is 4.92. The number of nitrogens with zero attached hydrogens (tertiary/aromatic N) is 3. The van der Waals surface area contributed by atoms with Crippen molar-refractivity contribution in [3.8, 4) is 17.8 Å². The van der Waals surface area contributed by atoms with E-state index in [-0.39, 0.29) is 18.0 Å². The summed E-state index contributed by atoms with van der Waals surface area (Å²) in [6.45, 7) is 6.80. The Morgan fingerprint density at radius 2 is 1.71 bits per heavy atom. The van der Waals surface area contributed by atoms with E-state index in [4.69, 9.17) is 15.2 Å². The third kappa shape index (κ3) is 4.30. The average Bonchev–Trinajstić information content (AvgIpc) is 2.45. The number of aromatic nitrogens is 3. The standard InChI is InChI=1S/C15H20N4O2/c1-4-9-20-14-17-13(16)18-15(19-14)21-12-7-5-11(6-8-12)10(2)3/h5-8,10H,4,9H2,1-3H3,(H2,16,17,18,19). The van der Waals surface area contributed by atoms with Gasteiger partial charge in [-0.3, -0.25) is 0 Å². The number of nitrogens with two attached hydrogens (primary N) is 1. The quantitative estimate of drug-likeness (QED) is 0.879. The van der Waals surface area contributed by atoms with Crippen molar-refractivity contribution in [1.29, 1.82) is 0 Å². The van der Waals surface area contributed by atoms with Crippen molar-refractivity contribution in [3.05, 3.63) is 29.8 Å². The molecule has 21 heavy (non-hydrogen) atoms. The first kappa shape index (κ1) is 15.0. The fourth-order valence-corrected chi connectivity index (χ4v) is 1.68. The molecule has 1 aromatic heterocycles. The monoisotopic (exact) mass is 288 g/mol. The lowest BCUT2D eigenvalue weighted by atomic mass is 10.0. The topological polar surface area (TPSA) is 83.2 Å². The minimum absolute atomic E-state index is 0.0740. The number of rotatable bonds is 6. The van der Waals surface area contributed by atoms with Crippen molar-refractivity contribution in [2.45, 2.75) is 33.1 Å². The van der Waals surface area contributed by atoms with Gasteiger partial charge in [-0.1, -0.05) is 32.9 Å². The molecule has 2 rings (SSSR count). The van der Waals surface area contributed by atoms with Crippen molar-refractivity contribution >= 4 is 5.95 Å². The van der Waals surface area contributed by atoms with Crippen LogP contribution >= 0.6 is 0 Å². The second-order valence-electron chi connectivity index (χ2n) is 4.93. The van der Waals surface area contributed by atoms with Crippen LogP contribution in [0.4, 0.5) is 5.95 Å². The van der Waals surface area contributed by atoms with Crippen molar-refractivity contribution in [2.75, 3.05) is 12.3 Å². The Balaban J connectivity index is 2.12. The van der Waals surface area contributed by atoms with E-state index < -0.39 is 0 Å². The molecule has 0 fully saturated rings. The van der Waals surface area contributed by atoms with Gasteiger partial charge in [0.05, 0.1) is 6.61 Å². The molecule has 1 aromatic carbocycles. The number of hydrogen-bond acceptors (Lipinski definition) is 6. The number of ether oxygens (including phenoxy) is 2. The number of anilines is 1. The van der Waals surface area contributed by atoms with Gasteiger partial charge in [0.1, 0.15) is 5.75 Å². The molecule has 0 spiro atoms. The largest absolute Gasteiger partial charge is 0.463 e. The van der Waals surface area contributed by atoms with Crippen LogP contribution in [0.1, 0.15) is 38.7 Å². The molecule has 0 saturated heterocycles. The molecule has 0 aliphatic rings. The predicted molar refractivity (Wildman–Crippen MR) is 80.6 cm³/mol. The molecular weight excluding hydrogens is 268 g/mol. The zero-order valence-electron chi connectivity index (χ0n) is 12.5. The van der Waals surface area contributed by atoms with Gasteiger partial charge >= 0.3 is 12.0 Å². The lowest BCUT2D eigenvalue weighted by molar-refractivity contribution is 0.285. The van der Waals surface area contributed by atoms with Crippen LogP contribution in [0.25, 0.3) is 0 Å². The molecule has 0 saturated carbocycles. The van der Waals surface area contributed by atoms with Gasteiger partial charge in [-0.25, -0.2) is 0 Å². The summed E-state index contributed by atoms with van der Waals surface area (Å²) < 4.78 is 10.9. The van der Waals surface area contributed by atoms with E-state index in [1.807, 2.05) is 31.2 Å². The zero-order valence-corrected chi connectivity index (χ0v) is 12.5. The van der Waals surface area contributed by atoms with E-state index in [0.29, 0.717) is 18.3 Å². The second-order valence-corrected chi connectivity index (χ2v) is 4.93. The zero-order chi connectivity index (χ0) is 15.2. The summed E-state index contributed by atoms with van der Waals surface area (Å²) >= 11 is 0. The highest BCUT2D eigenvalue weighted by molar-refractivity contribution is 5.31. The fraction of sp³-hybridized carbons (Fsp3) is 0.400. The predicted octanol–water partition coefficient (Wildman–Crippen LogP) is 3.16. The smallest absolute Gasteiger partial charge is 0.330 e. The molecule has 0 bridgehead atoms. The van der Waals surface area contributed by atoms with E-state index in [9.17, 15) is 0 Å². The van der Waals surface area contributed by atoms with Gasteiger partial charge in [0.15, 0.2) is 0 Å². The van der Waals surface area contributed by atoms with E-state index in [1.165, 1.54) is 5.56 Å². The maximum Gasteiger partial charge on any atom is 0.330 e. The third-order valence-electron chi connectivity index (χ3n) is 2.80. The van der Waals surface area contributed by atoms with Crippen LogP contribution in [-0.4, -0.2) is 21.6 Å². The summed E-state index contributed by atoms with van der Waals surface area (Å²) in [5, 5.41) is 0. The molecule has 0 unspecified atom stereocenters. The van der Waals surface area contributed by atoms with E-state index in [2.05, 4.69) is 28.8 Å². The minimum atomic E-state index is 0.0740. The van der Waals surface area contributed by atoms with Crippen molar-refractivity contribution in [3.63, 3.8) is 0 Å². The summed E-state index contributed by atoms with van der Waals surface area (Å²) in [5.74, 6) is 1.19. The Bertz CT molecular complexity index is 585. The van der Waals surface area contributed by atoms with Gasteiger partial charge in [-0.2, -0.15) is 9.97 Å². The Hall–Kier alpha value is -2.37. The highest BCUT2D eigenvalue weighted by atomic mass is 16.5. The number of benzene rings is 1. The SMILES string of the molecule is CCCOc1nc(N)nc(Oc2ccc(C(C)C)cc2)n1. The minimum Gasteiger partial charge on any atom is -0.463 e. The molecule has 6 heteroatoms. The van der Waals surface area contributed by atoms with Crippen LogP contribution < -0.4 is 15.2 Å². The van der Waals surface area contributed by atoms with Crippen molar-refractivity contribution in [1.82, 2.24) is 15.0 Å². The highest BCUT2D eigenvalue weighted by Gasteiger charge is 2.08. The average molecular weight is 288 g/mol. The van der Waals surface area contributed by atoms with E-state index in [1.54, 1.807) is 0 Å². The molecule has 0 aliphatic heterocycles. The van der Waals surface area contributed by atoms with Gasteiger partial charge in [0.25, 0.3) is 0 Å². The molecule has 1 heterocycles. The van der Waals surface area contributed by atoms with Crippen molar-refractivity contribution in [2.24, 2.45) is 0 Å². The van der Waals surface area contributed by atoms with Gasteiger partial charge in [-0.05, 0) is 30.0 Å². The third-order valence-corrected chi connectivity index (χ3v) is 2.80. The first-order chi connectivity index (χ1) is 10.1. The van der Waals surface area contributed by atoms with Gasteiger partial charge in [0.2, 0.25) is 5.95 Å².